The number of H-pyrrole nitrogens is 1. The van der Waals surface area contributed by atoms with E-state index in [9.17, 15) is 4.79 Å². The summed E-state index contributed by atoms with van der Waals surface area (Å²) in [6.45, 7) is 0. The summed E-state index contributed by atoms with van der Waals surface area (Å²) < 4.78 is 0. The summed E-state index contributed by atoms with van der Waals surface area (Å²) in [4.78, 5) is 16.4. The van der Waals surface area contributed by atoms with Crippen LogP contribution in [0.2, 0.25) is 0 Å². The van der Waals surface area contributed by atoms with Gasteiger partial charge in [-0.1, -0.05) is 41.7 Å². The maximum absolute atomic E-state index is 12.1. The number of thiazole rings is 1. The number of nitrogens with zero attached hydrogens (tertiary/aromatic N) is 3. The molecular formula is C14H9N5OS. The molecule has 3 aromatic rings. The topological polar surface area (TPSA) is 94.5 Å². The van der Waals surface area contributed by atoms with Crippen LogP contribution in [-0.2, 0) is 0 Å². The summed E-state index contributed by atoms with van der Waals surface area (Å²) >= 11 is 1.12. The van der Waals surface area contributed by atoms with Crippen molar-refractivity contribution in [3.8, 4) is 17.3 Å². The SMILES string of the molecule is N#Cc1cnc(NC(=O)c2cc(-c3ccccc3)n[nH]2)s1. The van der Waals surface area contributed by atoms with Crippen molar-refractivity contribution < 1.29 is 4.79 Å². The van der Waals surface area contributed by atoms with Gasteiger partial charge in [-0.3, -0.25) is 15.2 Å². The fourth-order valence-electron chi connectivity index (χ4n) is 1.74. The smallest absolute Gasteiger partial charge is 0.275 e. The van der Waals surface area contributed by atoms with Crippen LogP contribution in [0.25, 0.3) is 11.3 Å². The van der Waals surface area contributed by atoms with E-state index in [2.05, 4.69) is 20.5 Å². The zero-order valence-electron chi connectivity index (χ0n) is 10.7. The van der Waals surface area contributed by atoms with E-state index < -0.39 is 0 Å². The maximum atomic E-state index is 12.1. The van der Waals surface area contributed by atoms with E-state index in [-0.39, 0.29) is 5.91 Å². The second-order valence-corrected chi connectivity index (χ2v) is 5.16. The van der Waals surface area contributed by atoms with Gasteiger partial charge in [-0.25, -0.2) is 4.98 Å². The van der Waals surface area contributed by atoms with Crippen LogP contribution in [-0.4, -0.2) is 21.1 Å². The van der Waals surface area contributed by atoms with Crippen LogP contribution >= 0.6 is 11.3 Å². The highest BCUT2D eigenvalue weighted by molar-refractivity contribution is 7.16. The molecule has 21 heavy (non-hydrogen) atoms. The van der Waals surface area contributed by atoms with Gasteiger partial charge in [0.05, 0.1) is 11.9 Å². The van der Waals surface area contributed by atoms with Crippen molar-refractivity contribution in [2.45, 2.75) is 0 Å². The van der Waals surface area contributed by atoms with Crippen molar-refractivity contribution in [2.24, 2.45) is 0 Å². The number of benzene rings is 1. The first-order valence-electron chi connectivity index (χ1n) is 6.04. The van der Waals surface area contributed by atoms with Gasteiger partial charge in [0.2, 0.25) is 0 Å². The van der Waals surface area contributed by atoms with Gasteiger partial charge in [0.15, 0.2) is 5.13 Å². The monoisotopic (exact) mass is 295 g/mol. The van der Waals surface area contributed by atoms with Crippen molar-refractivity contribution in [3.05, 3.63) is 53.2 Å². The number of hydrogen-bond acceptors (Lipinski definition) is 5. The highest BCUT2D eigenvalue weighted by Crippen LogP contribution is 2.19. The molecule has 0 atom stereocenters. The Bertz CT molecular complexity index is 815. The van der Waals surface area contributed by atoms with E-state index in [1.807, 2.05) is 36.4 Å². The van der Waals surface area contributed by atoms with Crippen molar-refractivity contribution in [1.82, 2.24) is 15.2 Å². The molecule has 102 valence electrons. The van der Waals surface area contributed by atoms with E-state index in [4.69, 9.17) is 5.26 Å². The lowest BCUT2D eigenvalue weighted by Gasteiger charge is -1.97. The minimum Gasteiger partial charge on any atom is -0.296 e. The zero-order chi connectivity index (χ0) is 14.7. The van der Waals surface area contributed by atoms with E-state index in [1.54, 1.807) is 6.07 Å². The Morgan fingerprint density at radius 2 is 2.14 bits per heavy atom. The molecule has 0 fully saturated rings. The molecule has 2 aromatic heterocycles. The van der Waals surface area contributed by atoms with Crippen molar-refractivity contribution >= 4 is 22.4 Å². The fourth-order valence-corrected chi connectivity index (χ4v) is 2.35. The summed E-state index contributed by atoms with van der Waals surface area (Å²) in [5.74, 6) is -0.344. The number of aromatic amines is 1. The predicted molar refractivity (Wildman–Crippen MR) is 78.8 cm³/mol. The number of anilines is 1. The summed E-state index contributed by atoms with van der Waals surface area (Å²) in [5.41, 5.74) is 1.95. The molecule has 0 aliphatic rings. The van der Waals surface area contributed by atoms with Crippen LogP contribution < -0.4 is 5.32 Å². The van der Waals surface area contributed by atoms with E-state index in [1.165, 1.54) is 6.20 Å². The van der Waals surface area contributed by atoms with E-state index in [0.29, 0.717) is 21.4 Å². The molecule has 0 unspecified atom stereocenters. The molecular weight excluding hydrogens is 286 g/mol. The van der Waals surface area contributed by atoms with Gasteiger partial charge in [0, 0.05) is 5.56 Å². The van der Waals surface area contributed by atoms with Gasteiger partial charge >= 0.3 is 0 Å². The maximum Gasteiger partial charge on any atom is 0.275 e. The lowest BCUT2D eigenvalue weighted by atomic mass is 10.1. The van der Waals surface area contributed by atoms with Crippen LogP contribution in [0.4, 0.5) is 5.13 Å². The number of carbonyl (C=O) groups is 1. The Kier molecular flexibility index (Phi) is 3.45. The quantitative estimate of drug-likeness (QED) is 0.776. The lowest BCUT2D eigenvalue weighted by Crippen LogP contribution is -2.11. The normalized spacial score (nSPS) is 10.0. The minimum absolute atomic E-state index is 0.336. The minimum atomic E-state index is -0.344. The molecule has 1 aromatic carbocycles. The average molecular weight is 295 g/mol. The summed E-state index contributed by atoms with van der Waals surface area (Å²) in [5, 5.41) is 18.5. The number of hydrogen-bond donors (Lipinski definition) is 2. The Labute approximate surface area is 124 Å². The Balaban J connectivity index is 1.77. The summed E-state index contributed by atoms with van der Waals surface area (Å²) in [6.07, 6.45) is 1.42. The largest absolute Gasteiger partial charge is 0.296 e. The van der Waals surface area contributed by atoms with Crippen LogP contribution in [0.3, 0.4) is 0 Å². The molecule has 6 nitrogen and oxygen atoms in total. The molecule has 2 heterocycles. The number of aromatic nitrogens is 3. The molecule has 2 N–H and O–H groups in total. The highest BCUT2D eigenvalue weighted by atomic mass is 32.1. The van der Waals surface area contributed by atoms with Crippen molar-refractivity contribution in [1.29, 1.82) is 5.26 Å². The Morgan fingerprint density at radius 1 is 1.33 bits per heavy atom. The first-order valence-corrected chi connectivity index (χ1v) is 6.86. The number of rotatable bonds is 3. The third-order valence-electron chi connectivity index (χ3n) is 2.73. The Hall–Kier alpha value is -2.98. The number of carbonyl (C=O) groups excluding carboxylic acids is 1. The average Bonchev–Trinajstić information content (AvgIpc) is 3.17. The van der Waals surface area contributed by atoms with Crippen LogP contribution in [0.1, 0.15) is 15.4 Å². The number of nitrogens with one attached hydrogen (secondary N) is 2. The first kappa shape index (κ1) is 13.0. The van der Waals surface area contributed by atoms with Gasteiger partial charge in [-0.15, -0.1) is 0 Å². The number of nitriles is 1. The van der Waals surface area contributed by atoms with Gasteiger partial charge in [0.1, 0.15) is 16.6 Å². The molecule has 3 rings (SSSR count). The lowest BCUT2D eigenvalue weighted by molar-refractivity contribution is 0.102. The molecule has 0 aliphatic carbocycles. The molecule has 7 heteroatoms. The molecule has 0 saturated heterocycles. The Morgan fingerprint density at radius 3 is 2.86 bits per heavy atom. The van der Waals surface area contributed by atoms with Crippen molar-refractivity contribution in [3.63, 3.8) is 0 Å². The molecule has 0 bridgehead atoms. The summed E-state index contributed by atoms with van der Waals surface area (Å²) in [7, 11) is 0. The van der Waals surface area contributed by atoms with Crippen LogP contribution in [0.15, 0.2) is 42.6 Å². The molecule has 0 saturated carbocycles. The molecule has 0 radical (unpaired) electrons. The number of amides is 1. The van der Waals surface area contributed by atoms with E-state index in [0.717, 1.165) is 16.9 Å². The van der Waals surface area contributed by atoms with Crippen LogP contribution in [0.5, 0.6) is 0 Å². The van der Waals surface area contributed by atoms with Crippen molar-refractivity contribution in [2.75, 3.05) is 5.32 Å². The second kappa shape index (κ2) is 5.56. The summed E-state index contributed by atoms with van der Waals surface area (Å²) in [6, 6.07) is 13.2. The third-order valence-corrected chi connectivity index (χ3v) is 3.55. The molecule has 0 aliphatic heterocycles. The van der Waals surface area contributed by atoms with E-state index >= 15 is 0 Å². The molecule has 1 amide bonds. The first-order chi connectivity index (χ1) is 10.3. The third kappa shape index (κ3) is 2.80. The zero-order valence-corrected chi connectivity index (χ0v) is 11.5. The highest BCUT2D eigenvalue weighted by Gasteiger charge is 2.12. The van der Waals surface area contributed by atoms with Gasteiger partial charge in [0.25, 0.3) is 5.91 Å². The standard InChI is InChI=1S/C14H9N5OS/c15-7-10-8-16-14(21-10)17-13(20)12-6-11(18-19-12)9-4-2-1-3-5-9/h1-6,8H,(H,18,19)(H,16,17,20). The van der Waals surface area contributed by atoms with Gasteiger partial charge < -0.3 is 0 Å². The van der Waals surface area contributed by atoms with Gasteiger partial charge in [-0.05, 0) is 6.07 Å². The van der Waals surface area contributed by atoms with Gasteiger partial charge in [-0.2, -0.15) is 10.4 Å². The predicted octanol–water partition coefficient (Wildman–Crippen LogP) is 2.66. The second-order valence-electron chi connectivity index (χ2n) is 4.13. The fraction of sp³-hybridized carbons (Fsp3) is 0. The molecule has 0 spiro atoms. The van der Waals surface area contributed by atoms with Crippen LogP contribution in [0, 0.1) is 11.3 Å².